The summed E-state index contributed by atoms with van der Waals surface area (Å²) in [7, 11) is 0. The molecular weight excluding hydrogens is 472 g/mol. The molecule has 0 saturated carbocycles. The number of amides is 1. The Morgan fingerprint density at radius 3 is 2.86 bits per heavy atom. The van der Waals surface area contributed by atoms with Crippen LogP contribution in [-0.4, -0.2) is 46.6 Å². The monoisotopic (exact) mass is 503 g/mol. The number of benzene rings is 2. The van der Waals surface area contributed by atoms with Crippen molar-refractivity contribution in [3.8, 4) is 17.2 Å². The van der Waals surface area contributed by atoms with E-state index in [2.05, 4.69) is 16.6 Å². The average Bonchev–Trinajstić information content (AvgIpc) is 2.86. The lowest BCUT2D eigenvalue weighted by molar-refractivity contribution is -0.924. The van der Waals surface area contributed by atoms with Crippen LogP contribution in [0.25, 0.3) is 0 Å². The van der Waals surface area contributed by atoms with Gasteiger partial charge >= 0.3 is 0 Å². The van der Waals surface area contributed by atoms with Gasteiger partial charge in [-0.3, -0.25) is 9.59 Å². The molecule has 3 unspecified atom stereocenters. The lowest BCUT2D eigenvalue weighted by atomic mass is 9.83. The van der Waals surface area contributed by atoms with Gasteiger partial charge in [-0.25, -0.2) is 5.43 Å². The van der Waals surface area contributed by atoms with E-state index >= 15 is 0 Å². The predicted molar refractivity (Wildman–Crippen MR) is 138 cm³/mol. The summed E-state index contributed by atoms with van der Waals surface area (Å²) in [4.78, 5) is 26.1. The second kappa shape index (κ2) is 10.5. The van der Waals surface area contributed by atoms with Gasteiger partial charge in [0.05, 0.1) is 31.5 Å². The van der Waals surface area contributed by atoms with Crippen LogP contribution in [0.2, 0.25) is 0 Å². The zero-order valence-electron chi connectivity index (χ0n) is 20.7. The number of nitrogens with one attached hydrogen (secondary N) is 2. The van der Waals surface area contributed by atoms with E-state index in [4.69, 9.17) is 4.74 Å². The summed E-state index contributed by atoms with van der Waals surface area (Å²) in [6.45, 7) is 6.03. The summed E-state index contributed by atoms with van der Waals surface area (Å²) >= 11 is 0. The third kappa shape index (κ3) is 5.36. The molecule has 2 aliphatic rings. The van der Waals surface area contributed by atoms with Crippen LogP contribution in [0.5, 0.6) is 17.2 Å². The van der Waals surface area contributed by atoms with Gasteiger partial charge in [-0.2, -0.15) is 5.10 Å². The number of rotatable bonds is 7. The first kappa shape index (κ1) is 24.6. The maximum Gasteiger partial charge on any atom is 0.275 e. The maximum atomic E-state index is 12.3. The number of carbonyl (C=O) groups excluding carboxylic acids is 1. The van der Waals surface area contributed by atoms with Crippen molar-refractivity contribution in [2.45, 2.75) is 32.4 Å². The number of aromatic nitrogens is 1. The molecule has 192 valence electrons. The smallest absolute Gasteiger partial charge is 0.275 e. The van der Waals surface area contributed by atoms with Crippen molar-refractivity contribution in [1.29, 1.82) is 0 Å². The molecule has 2 bridgehead atoms. The lowest BCUT2D eigenvalue weighted by Gasteiger charge is -2.40. The van der Waals surface area contributed by atoms with Crippen molar-refractivity contribution in [3.63, 3.8) is 0 Å². The Bertz CT molecular complexity index is 1400. The van der Waals surface area contributed by atoms with E-state index in [1.54, 1.807) is 12.3 Å². The Hall–Kier alpha value is -4.11. The van der Waals surface area contributed by atoms with Crippen LogP contribution in [0.4, 0.5) is 0 Å². The number of quaternary nitrogens is 1. The molecule has 0 spiro atoms. The second-order valence-corrected chi connectivity index (χ2v) is 9.73. The molecule has 1 amide bonds. The molecule has 0 radical (unpaired) electrons. The normalized spacial score (nSPS) is 20.4. The summed E-state index contributed by atoms with van der Waals surface area (Å²) in [6.07, 6.45) is 2.67. The Balaban J connectivity index is 1.30. The van der Waals surface area contributed by atoms with Gasteiger partial charge in [0, 0.05) is 41.8 Å². The Labute approximate surface area is 214 Å². The van der Waals surface area contributed by atoms with Crippen LogP contribution in [0.15, 0.2) is 64.5 Å². The van der Waals surface area contributed by atoms with Gasteiger partial charge in [-0.05, 0) is 55.3 Å². The fraction of sp³-hybridized carbons (Fsp3) is 0.321. The van der Waals surface area contributed by atoms with Crippen LogP contribution in [-0.2, 0) is 13.1 Å². The summed E-state index contributed by atoms with van der Waals surface area (Å²) in [5.41, 5.74) is 5.54. The van der Waals surface area contributed by atoms with Crippen LogP contribution in [0.3, 0.4) is 0 Å². The highest BCUT2D eigenvalue weighted by atomic mass is 16.5. The van der Waals surface area contributed by atoms with Crippen LogP contribution < -0.4 is 20.6 Å². The van der Waals surface area contributed by atoms with E-state index in [0.29, 0.717) is 18.4 Å². The Kier molecular flexibility index (Phi) is 6.96. The van der Waals surface area contributed by atoms with Gasteiger partial charge in [-0.1, -0.05) is 6.07 Å². The van der Waals surface area contributed by atoms with Gasteiger partial charge in [0.15, 0.2) is 0 Å². The Morgan fingerprint density at radius 1 is 1.19 bits per heavy atom. The molecule has 4 N–H and O–H groups in total. The number of phenolic OH excluding ortho intramolecular Hbond substituents is 2. The van der Waals surface area contributed by atoms with Crippen LogP contribution >= 0.6 is 0 Å². The molecule has 0 aliphatic carbocycles. The van der Waals surface area contributed by atoms with E-state index in [-0.39, 0.29) is 22.6 Å². The third-order valence-electron chi connectivity index (χ3n) is 7.10. The molecule has 2 aliphatic heterocycles. The fourth-order valence-electron chi connectivity index (χ4n) is 5.59. The molecule has 3 aromatic rings. The number of pyridine rings is 1. The number of phenols is 2. The Morgan fingerprint density at radius 2 is 2.05 bits per heavy atom. The predicted octanol–water partition coefficient (Wildman–Crippen LogP) is 1.62. The number of fused-ring (bicyclic) bond motifs is 4. The number of nitrogens with zero attached hydrogens (tertiary/aromatic N) is 2. The molecule has 5 rings (SSSR count). The minimum atomic E-state index is -0.580. The van der Waals surface area contributed by atoms with E-state index in [0.717, 1.165) is 61.2 Å². The van der Waals surface area contributed by atoms with Crippen LogP contribution in [0, 0.1) is 5.92 Å². The number of aromatic hydroxyl groups is 2. The molecule has 37 heavy (non-hydrogen) atoms. The SMILES string of the molecule is CCOc1ccc(C=NNC(=O)c2ccc(O)cc2O)cc1C[NH+]1CC2CC(C1)c1cccc(=O)n1C2. The summed E-state index contributed by atoms with van der Waals surface area (Å²) in [6, 6.07) is 15.2. The highest BCUT2D eigenvalue weighted by molar-refractivity contribution is 5.97. The number of ether oxygens (including phenoxy) is 1. The standard InChI is InChI=1S/C28H30N4O5/c1-2-37-26-9-6-18(13-29-30-28(36)23-8-7-22(33)12-25(23)34)10-21(26)17-31-14-19-11-20(16-31)24-4-3-5-27(35)32(24)15-19/h3-10,12-13,19-20,33-34H,2,11,14-17H2,1H3,(H,30,36)/p+1. The quantitative estimate of drug-likeness (QED) is 0.289. The van der Waals surface area contributed by atoms with E-state index in [1.165, 1.54) is 17.0 Å². The molecule has 3 atom stereocenters. The van der Waals surface area contributed by atoms with Gasteiger partial charge in [0.1, 0.15) is 23.8 Å². The summed E-state index contributed by atoms with van der Waals surface area (Å²) < 4.78 is 7.85. The molecule has 1 saturated heterocycles. The minimum Gasteiger partial charge on any atom is -0.508 e. The molecule has 9 heteroatoms. The molecule has 2 aromatic carbocycles. The van der Waals surface area contributed by atoms with E-state index < -0.39 is 5.91 Å². The molecule has 3 heterocycles. The van der Waals surface area contributed by atoms with Crippen molar-refractivity contribution in [3.05, 3.63) is 87.3 Å². The van der Waals surface area contributed by atoms with Crippen LogP contribution in [0.1, 0.15) is 46.4 Å². The fourth-order valence-corrected chi connectivity index (χ4v) is 5.59. The van der Waals surface area contributed by atoms with Crippen molar-refractivity contribution < 1.29 is 24.6 Å². The molecular formula is C28H31N4O5+. The molecule has 1 fully saturated rings. The number of hydrazone groups is 1. The van der Waals surface area contributed by atoms with Crippen molar-refractivity contribution >= 4 is 12.1 Å². The largest absolute Gasteiger partial charge is 0.508 e. The minimum absolute atomic E-state index is 0.0189. The summed E-state index contributed by atoms with van der Waals surface area (Å²) in [5, 5.41) is 23.3. The van der Waals surface area contributed by atoms with Crippen molar-refractivity contribution in [1.82, 2.24) is 9.99 Å². The zero-order chi connectivity index (χ0) is 25.9. The van der Waals surface area contributed by atoms with Gasteiger partial charge < -0.3 is 24.4 Å². The van der Waals surface area contributed by atoms with Gasteiger partial charge in [0.25, 0.3) is 11.5 Å². The number of likely N-dealkylation sites (tertiary alicyclic amines) is 1. The van der Waals surface area contributed by atoms with E-state index in [1.807, 2.05) is 35.8 Å². The summed E-state index contributed by atoms with van der Waals surface area (Å²) in [5.74, 6) is 0.632. The lowest BCUT2D eigenvalue weighted by Crippen LogP contribution is -3.13. The first-order valence-electron chi connectivity index (χ1n) is 12.6. The van der Waals surface area contributed by atoms with E-state index in [9.17, 15) is 19.8 Å². The topological polar surface area (TPSA) is 118 Å². The first-order chi connectivity index (χ1) is 17.9. The second-order valence-electron chi connectivity index (χ2n) is 9.73. The third-order valence-corrected chi connectivity index (χ3v) is 7.10. The highest BCUT2D eigenvalue weighted by Crippen LogP contribution is 2.30. The first-order valence-corrected chi connectivity index (χ1v) is 12.6. The number of hydrogen-bond acceptors (Lipinski definition) is 6. The average molecular weight is 504 g/mol. The zero-order valence-corrected chi connectivity index (χ0v) is 20.7. The number of carbonyl (C=O) groups is 1. The molecule has 9 nitrogen and oxygen atoms in total. The molecule has 1 aromatic heterocycles. The maximum absolute atomic E-state index is 12.3. The van der Waals surface area contributed by atoms with Crippen molar-refractivity contribution in [2.24, 2.45) is 11.0 Å². The number of piperidine rings is 1. The van der Waals surface area contributed by atoms with Gasteiger partial charge in [0.2, 0.25) is 0 Å². The van der Waals surface area contributed by atoms with Crippen molar-refractivity contribution in [2.75, 3.05) is 19.7 Å². The number of hydrogen-bond donors (Lipinski definition) is 4. The van der Waals surface area contributed by atoms with Gasteiger partial charge in [-0.15, -0.1) is 0 Å². The highest BCUT2D eigenvalue weighted by Gasteiger charge is 2.37.